The highest BCUT2D eigenvalue weighted by Gasteiger charge is 2.31. The number of hydrogen-bond acceptors (Lipinski definition) is 2. The van der Waals surface area contributed by atoms with Crippen LogP contribution < -0.4 is 4.74 Å². The van der Waals surface area contributed by atoms with E-state index < -0.39 is 11.6 Å². The van der Waals surface area contributed by atoms with Crippen LogP contribution in [0.2, 0.25) is 0 Å². The van der Waals surface area contributed by atoms with Crippen LogP contribution in [-0.2, 0) is 4.74 Å². The zero-order valence-corrected chi connectivity index (χ0v) is 23.9. The molecule has 2 atom stereocenters. The Morgan fingerprint density at radius 3 is 2.05 bits per heavy atom. The van der Waals surface area contributed by atoms with E-state index >= 15 is 0 Å². The number of allylic oxidation sites excluding steroid dienone is 2. The van der Waals surface area contributed by atoms with Gasteiger partial charge in [-0.3, -0.25) is 0 Å². The number of ether oxygens (including phenoxy) is 2. The third-order valence-electron chi connectivity index (χ3n) is 8.99. The highest BCUT2D eigenvalue weighted by atomic mass is 19.2. The van der Waals surface area contributed by atoms with Crippen LogP contribution in [0.5, 0.6) is 5.75 Å². The largest absolute Gasteiger partial charge is 0.491 e. The van der Waals surface area contributed by atoms with Gasteiger partial charge in [-0.2, -0.15) is 4.39 Å². The first-order chi connectivity index (χ1) is 19.6. The van der Waals surface area contributed by atoms with Crippen molar-refractivity contribution >= 4 is 0 Å². The molecular weight excluding hydrogens is 502 g/mol. The first-order valence-corrected chi connectivity index (χ1v) is 15.1. The van der Waals surface area contributed by atoms with Crippen molar-refractivity contribution in [1.29, 1.82) is 0 Å². The monoisotopic (exact) mass is 544 g/mol. The quantitative estimate of drug-likeness (QED) is 0.250. The van der Waals surface area contributed by atoms with E-state index in [0.29, 0.717) is 24.2 Å². The molecule has 0 spiro atoms. The van der Waals surface area contributed by atoms with Gasteiger partial charge in [0.15, 0.2) is 11.6 Å². The van der Waals surface area contributed by atoms with E-state index in [9.17, 15) is 8.78 Å². The third kappa shape index (κ3) is 6.66. The minimum atomic E-state index is -0.940. The smallest absolute Gasteiger partial charge is 0.201 e. The minimum Gasteiger partial charge on any atom is -0.491 e. The van der Waals surface area contributed by atoms with Crippen molar-refractivity contribution in [2.24, 2.45) is 11.8 Å². The van der Waals surface area contributed by atoms with Gasteiger partial charge >= 0.3 is 0 Å². The summed E-state index contributed by atoms with van der Waals surface area (Å²) >= 11 is 0. The molecule has 1 aliphatic heterocycles. The maximum absolute atomic E-state index is 14.7. The predicted molar refractivity (Wildman–Crippen MR) is 160 cm³/mol. The molecule has 5 rings (SSSR count). The number of benzene rings is 3. The van der Waals surface area contributed by atoms with E-state index in [2.05, 4.69) is 43.3 Å². The Kier molecular flexibility index (Phi) is 9.70. The third-order valence-corrected chi connectivity index (χ3v) is 8.99. The van der Waals surface area contributed by atoms with Crippen molar-refractivity contribution in [1.82, 2.24) is 0 Å². The molecule has 0 N–H and O–H groups in total. The second-order valence-electron chi connectivity index (χ2n) is 11.4. The molecule has 1 heterocycles. The van der Waals surface area contributed by atoms with E-state index in [1.807, 2.05) is 24.3 Å². The average molecular weight is 545 g/mol. The molecule has 0 aromatic heterocycles. The Bertz CT molecular complexity index is 1250. The molecule has 212 valence electrons. The standard InChI is InChI=1S/C36H42F2O2/c1-3-5-6-7-32-21-20-31(24-40-32)29-14-12-27(13-15-29)25-8-10-26(11-9-25)28-16-18-30(19-17-28)33-22-23-34(39-4-2)36(38)35(33)37/h3,5,8-11,16-19,22-23,27,29,31-32H,4,6-7,12-15,20-21,24H2,1-2H3/b5-3+. The summed E-state index contributed by atoms with van der Waals surface area (Å²) in [6, 6.07) is 19.6. The highest BCUT2D eigenvalue weighted by Crippen LogP contribution is 2.42. The SMILES string of the molecule is C/C=C/CCC1CCC(C2CCC(c3ccc(-c4ccc(-c5ccc(OCC)c(F)c5F)cc4)cc3)CC2)CO1. The second kappa shape index (κ2) is 13.6. The molecule has 0 radical (unpaired) electrons. The van der Waals surface area contributed by atoms with Crippen LogP contribution in [0.4, 0.5) is 8.78 Å². The zero-order valence-electron chi connectivity index (χ0n) is 23.9. The highest BCUT2D eigenvalue weighted by molar-refractivity contribution is 5.71. The van der Waals surface area contributed by atoms with Gasteiger partial charge in [-0.05, 0) is 117 Å². The van der Waals surface area contributed by atoms with Crippen molar-refractivity contribution in [2.75, 3.05) is 13.2 Å². The molecule has 0 bridgehead atoms. The lowest BCUT2D eigenvalue weighted by atomic mass is 9.72. The van der Waals surface area contributed by atoms with Crippen molar-refractivity contribution < 1.29 is 18.3 Å². The lowest BCUT2D eigenvalue weighted by Crippen LogP contribution is -2.32. The molecule has 1 saturated heterocycles. The number of halogens is 2. The fourth-order valence-electron chi connectivity index (χ4n) is 6.61. The molecular formula is C36H42F2O2. The van der Waals surface area contributed by atoms with Crippen LogP contribution in [0.25, 0.3) is 22.3 Å². The molecule has 2 nitrogen and oxygen atoms in total. The van der Waals surface area contributed by atoms with Gasteiger partial charge < -0.3 is 9.47 Å². The average Bonchev–Trinajstić information content (AvgIpc) is 3.01. The van der Waals surface area contributed by atoms with Crippen LogP contribution in [0.15, 0.2) is 72.8 Å². The van der Waals surface area contributed by atoms with Gasteiger partial charge in [0, 0.05) is 5.56 Å². The molecule has 1 saturated carbocycles. The molecule has 3 aromatic carbocycles. The summed E-state index contributed by atoms with van der Waals surface area (Å²) in [4.78, 5) is 0. The summed E-state index contributed by atoms with van der Waals surface area (Å²) in [5.41, 5.74) is 4.50. The normalized spacial score (nSPS) is 23.4. The lowest BCUT2D eigenvalue weighted by Gasteiger charge is -2.38. The second-order valence-corrected chi connectivity index (χ2v) is 11.4. The maximum Gasteiger partial charge on any atom is 0.201 e. The zero-order chi connectivity index (χ0) is 27.9. The summed E-state index contributed by atoms with van der Waals surface area (Å²) in [5, 5.41) is 0. The minimum absolute atomic E-state index is 0.0544. The summed E-state index contributed by atoms with van der Waals surface area (Å²) in [6.07, 6.45) is 14.8. The molecule has 2 aliphatic rings. The summed E-state index contributed by atoms with van der Waals surface area (Å²) in [5.74, 6) is 0.295. The van der Waals surface area contributed by atoms with Crippen LogP contribution in [0, 0.1) is 23.5 Å². The van der Waals surface area contributed by atoms with Crippen molar-refractivity contribution in [3.05, 3.63) is 90.0 Å². The molecule has 4 heteroatoms. The summed E-state index contributed by atoms with van der Waals surface area (Å²) in [6.45, 7) is 5.07. The van der Waals surface area contributed by atoms with Gasteiger partial charge in [0.1, 0.15) is 0 Å². The van der Waals surface area contributed by atoms with Crippen LogP contribution in [0.1, 0.15) is 76.7 Å². The lowest BCUT2D eigenvalue weighted by molar-refractivity contribution is -0.0401. The maximum atomic E-state index is 14.7. The van der Waals surface area contributed by atoms with Gasteiger partial charge in [-0.15, -0.1) is 0 Å². The number of hydrogen-bond donors (Lipinski definition) is 0. The van der Waals surface area contributed by atoms with E-state index in [1.54, 1.807) is 13.0 Å². The Labute approximate surface area is 238 Å². The van der Waals surface area contributed by atoms with Gasteiger partial charge in [0.2, 0.25) is 5.82 Å². The first kappa shape index (κ1) is 28.5. The summed E-state index contributed by atoms with van der Waals surface area (Å²) < 4.78 is 40.4. The molecule has 3 aromatic rings. The molecule has 1 aliphatic carbocycles. The van der Waals surface area contributed by atoms with E-state index in [1.165, 1.54) is 50.2 Å². The van der Waals surface area contributed by atoms with Crippen molar-refractivity contribution in [2.45, 2.75) is 77.2 Å². The van der Waals surface area contributed by atoms with E-state index in [0.717, 1.165) is 42.4 Å². The molecule has 2 fully saturated rings. The Balaban J connectivity index is 1.14. The van der Waals surface area contributed by atoms with Crippen LogP contribution in [0.3, 0.4) is 0 Å². The van der Waals surface area contributed by atoms with Crippen molar-refractivity contribution in [3.63, 3.8) is 0 Å². The summed E-state index contributed by atoms with van der Waals surface area (Å²) in [7, 11) is 0. The van der Waals surface area contributed by atoms with Gasteiger partial charge in [-0.1, -0.05) is 60.7 Å². The Morgan fingerprint density at radius 2 is 1.43 bits per heavy atom. The fourth-order valence-corrected chi connectivity index (χ4v) is 6.61. The Hall–Kier alpha value is -2.98. The van der Waals surface area contributed by atoms with Gasteiger partial charge in [0.25, 0.3) is 0 Å². The fraction of sp³-hybridized carbons (Fsp3) is 0.444. The number of rotatable bonds is 9. The Morgan fingerprint density at radius 1 is 0.775 bits per heavy atom. The van der Waals surface area contributed by atoms with E-state index in [-0.39, 0.29) is 11.3 Å². The molecule has 2 unspecified atom stereocenters. The van der Waals surface area contributed by atoms with Gasteiger partial charge in [-0.25, -0.2) is 4.39 Å². The first-order valence-electron chi connectivity index (χ1n) is 15.1. The van der Waals surface area contributed by atoms with Crippen LogP contribution in [-0.4, -0.2) is 19.3 Å². The predicted octanol–water partition coefficient (Wildman–Crippen LogP) is 10.1. The molecule has 0 amide bonds. The molecule has 40 heavy (non-hydrogen) atoms. The van der Waals surface area contributed by atoms with Crippen molar-refractivity contribution in [3.8, 4) is 28.0 Å². The van der Waals surface area contributed by atoms with Crippen LogP contribution >= 0.6 is 0 Å². The topological polar surface area (TPSA) is 18.5 Å². The van der Waals surface area contributed by atoms with E-state index in [4.69, 9.17) is 9.47 Å². The van der Waals surface area contributed by atoms with Gasteiger partial charge in [0.05, 0.1) is 19.3 Å².